The summed E-state index contributed by atoms with van der Waals surface area (Å²) >= 11 is 0. The van der Waals surface area contributed by atoms with E-state index in [0.717, 1.165) is 5.92 Å². The second kappa shape index (κ2) is 10.2. The third-order valence-electron chi connectivity index (χ3n) is 3.05. The highest BCUT2D eigenvalue weighted by Crippen LogP contribution is 2.18. The molecule has 0 aromatic rings. The Morgan fingerprint density at radius 2 is 1.82 bits per heavy atom. The highest BCUT2D eigenvalue weighted by Gasteiger charge is 2.11. The summed E-state index contributed by atoms with van der Waals surface area (Å²) in [5.41, 5.74) is 5.99. The molecule has 1 rings (SSSR count). The van der Waals surface area contributed by atoms with Crippen LogP contribution in [-0.2, 0) is 0 Å². The van der Waals surface area contributed by atoms with Crippen LogP contribution >= 0.6 is 0 Å². The fourth-order valence-corrected chi connectivity index (χ4v) is 2.08. The third kappa shape index (κ3) is 8.84. The lowest BCUT2D eigenvalue weighted by Crippen LogP contribution is -2.28. The van der Waals surface area contributed by atoms with E-state index < -0.39 is 0 Å². The van der Waals surface area contributed by atoms with E-state index in [1.165, 1.54) is 63.5 Å². The Morgan fingerprint density at radius 3 is 2.29 bits per heavy atom. The molecule has 2 heteroatoms. The van der Waals surface area contributed by atoms with Gasteiger partial charge in [-0.1, -0.05) is 33.4 Å². The zero-order valence-corrected chi connectivity index (χ0v) is 11.8. The summed E-state index contributed by atoms with van der Waals surface area (Å²) in [5.74, 6) is 0.837. The average Bonchev–Trinajstić information content (AvgIpc) is 2.30. The normalized spacial score (nSPS) is 15.1. The first-order valence-corrected chi connectivity index (χ1v) is 6.87. The van der Waals surface area contributed by atoms with Crippen LogP contribution in [0.15, 0.2) is 25.1 Å². The van der Waals surface area contributed by atoms with E-state index in [9.17, 15) is 0 Å². The Labute approximate surface area is 108 Å². The predicted molar refractivity (Wildman–Crippen MR) is 77.6 cm³/mol. The van der Waals surface area contributed by atoms with Crippen LogP contribution < -0.4 is 5.73 Å². The fraction of sp³-hybridized carbons (Fsp3) is 0.733. The Hall–Kier alpha value is -0.920. The largest absolute Gasteiger partial charge is 0.405 e. The smallest absolute Gasteiger partial charge is 0.0174 e. The SMILES string of the molecule is C=C(CCCC(C)C)N1CCCCC1.C=CN. The lowest BCUT2D eigenvalue weighted by Gasteiger charge is -2.30. The molecule has 0 aromatic carbocycles. The van der Waals surface area contributed by atoms with Crippen LogP contribution in [0.3, 0.4) is 0 Å². The molecule has 17 heavy (non-hydrogen) atoms. The summed E-state index contributed by atoms with van der Waals surface area (Å²) in [4.78, 5) is 2.49. The van der Waals surface area contributed by atoms with Gasteiger partial charge in [0, 0.05) is 18.8 Å². The fourth-order valence-electron chi connectivity index (χ4n) is 2.08. The summed E-state index contributed by atoms with van der Waals surface area (Å²) in [5, 5.41) is 0. The first-order valence-electron chi connectivity index (χ1n) is 6.87. The minimum atomic E-state index is 0.837. The number of piperidine rings is 1. The zero-order valence-electron chi connectivity index (χ0n) is 11.8. The van der Waals surface area contributed by atoms with Crippen LogP contribution in [0.5, 0.6) is 0 Å². The number of nitrogens with two attached hydrogens (primary N) is 1. The third-order valence-corrected chi connectivity index (χ3v) is 3.05. The number of hydrogen-bond donors (Lipinski definition) is 1. The van der Waals surface area contributed by atoms with Gasteiger partial charge < -0.3 is 10.6 Å². The van der Waals surface area contributed by atoms with Gasteiger partial charge in [-0.05, 0) is 44.2 Å². The molecular weight excluding hydrogens is 208 g/mol. The summed E-state index contributed by atoms with van der Waals surface area (Å²) in [6, 6.07) is 0. The van der Waals surface area contributed by atoms with E-state index in [4.69, 9.17) is 0 Å². The lowest BCUT2D eigenvalue weighted by molar-refractivity contribution is 0.275. The number of likely N-dealkylation sites (tertiary alicyclic amines) is 1. The summed E-state index contributed by atoms with van der Waals surface area (Å²) in [6.45, 7) is 14.4. The van der Waals surface area contributed by atoms with E-state index in [-0.39, 0.29) is 0 Å². The lowest BCUT2D eigenvalue weighted by atomic mass is 10.0. The zero-order chi connectivity index (χ0) is 13.1. The number of nitrogens with zero attached hydrogens (tertiary/aromatic N) is 1. The Kier molecular flexibility index (Phi) is 9.69. The van der Waals surface area contributed by atoms with Gasteiger partial charge in [0.25, 0.3) is 0 Å². The molecule has 0 aliphatic carbocycles. The van der Waals surface area contributed by atoms with Crippen molar-refractivity contribution in [2.75, 3.05) is 13.1 Å². The molecule has 0 saturated carbocycles. The van der Waals surface area contributed by atoms with Gasteiger partial charge in [0.15, 0.2) is 0 Å². The highest BCUT2D eigenvalue weighted by molar-refractivity contribution is 4.94. The molecule has 0 unspecified atom stereocenters. The molecule has 1 fully saturated rings. The highest BCUT2D eigenvalue weighted by atomic mass is 15.1. The maximum atomic E-state index is 4.61. The standard InChI is InChI=1S/C13H25N.C2H5N/c1-12(2)8-7-9-13(3)14-10-5-4-6-11-14;1-2-3/h12H,3-11H2,1-2H3;2H,1,3H2. The first-order chi connectivity index (χ1) is 8.11. The van der Waals surface area contributed by atoms with E-state index in [1.807, 2.05) is 0 Å². The van der Waals surface area contributed by atoms with Crippen molar-refractivity contribution in [3.05, 3.63) is 25.1 Å². The summed E-state index contributed by atoms with van der Waals surface area (Å²) in [6.07, 6.45) is 9.25. The van der Waals surface area contributed by atoms with Gasteiger partial charge in [-0.15, -0.1) is 0 Å². The van der Waals surface area contributed by atoms with Crippen molar-refractivity contribution in [1.29, 1.82) is 0 Å². The number of rotatable bonds is 5. The summed E-state index contributed by atoms with van der Waals surface area (Å²) in [7, 11) is 0. The maximum Gasteiger partial charge on any atom is 0.0174 e. The quantitative estimate of drug-likeness (QED) is 0.787. The van der Waals surface area contributed by atoms with E-state index in [1.54, 1.807) is 0 Å². The molecule has 2 nitrogen and oxygen atoms in total. The van der Waals surface area contributed by atoms with Crippen LogP contribution in [0, 0.1) is 5.92 Å². The molecule has 100 valence electrons. The van der Waals surface area contributed by atoms with Crippen molar-refractivity contribution in [3.8, 4) is 0 Å². The molecule has 1 aliphatic rings. The molecule has 0 radical (unpaired) electrons. The van der Waals surface area contributed by atoms with Gasteiger partial charge in [-0.3, -0.25) is 0 Å². The topological polar surface area (TPSA) is 29.3 Å². The minimum Gasteiger partial charge on any atom is -0.405 e. The van der Waals surface area contributed by atoms with Gasteiger partial charge in [0.2, 0.25) is 0 Å². The second-order valence-electron chi connectivity index (χ2n) is 5.14. The predicted octanol–water partition coefficient (Wildman–Crippen LogP) is 3.90. The van der Waals surface area contributed by atoms with Crippen LogP contribution in [0.1, 0.15) is 52.4 Å². The maximum absolute atomic E-state index is 4.61. The number of allylic oxidation sites excluding steroid dienone is 1. The second-order valence-corrected chi connectivity index (χ2v) is 5.14. The van der Waals surface area contributed by atoms with Crippen molar-refractivity contribution in [3.63, 3.8) is 0 Å². The number of hydrogen-bond acceptors (Lipinski definition) is 2. The van der Waals surface area contributed by atoms with Crippen LogP contribution in [-0.4, -0.2) is 18.0 Å². The van der Waals surface area contributed by atoms with Crippen molar-refractivity contribution in [2.24, 2.45) is 11.7 Å². The molecule has 2 N–H and O–H groups in total. The van der Waals surface area contributed by atoms with Crippen molar-refractivity contribution in [1.82, 2.24) is 4.90 Å². The minimum absolute atomic E-state index is 0.837. The molecule has 1 saturated heterocycles. The van der Waals surface area contributed by atoms with Crippen molar-refractivity contribution < 1.29 is 0 Å². The molecule has 0 spiro atoms. The Bertz CT molecular complexity index is 203. The van der Waals surface area contributed by atoms with E-state index in [0.29, 0.717) is 0 Å². The van der Waals surface area contributed by atoms with Gasteiger partial charge >= 0.3 is 0 Å². The molecule has 0 atom stereocenters. The monoisotopic (exact) mass is 238 g/mol. The van der Waals surface area contributed by atoms with E-state index in [2.05, 4.69) is 37.6 Å². The van der Waals surface area contributed by atoms with Crippen molar-refractivity contribution >= 4 is 0 Å². The molecule has 0 bridgehead atoms. The molecule has 0 amide bonds. The van der Waals surface area contributed by atoms with Crippen LogP contribution in [0.4, 0.5) is 0 Å². The van der Waals surface area contributed by atoms with Gasteiger partial charge in [-0.25, -0.2) is 0 Å². The van der Waals surface area contributed by atoms with Gasteiger partial charge in [0.05, 0.1) is 0 Å². The molecule has 1 heterocycles. The Balaban J connectivity index is 0.000000770. The van der Waals surface area contributed by atoms with E-state index >= 15 is 0 Å². The van der Waals surface area contributed by atoms with Crippen LogP contribution in [0.25, 0.3) is 0 Å². The molecule has 1 aliphatic heterocycles. The summed E-state index contributed by atoms with van der Waals surface area (Å²) < 4.78 is 0. The van der Waals surface area contributed by atoms with Crippen molar-refractivity contribution in [2.45, 2.75) is 52.4 Å². The molecular formula is C15H30N2. The van der Waals surface area contributed by atoms with Gasteiger partial charge in [-0.2, -0.15) is 0 Å². The Morgan fingerprint density at radius 1 is 1.29 bits per heavy atom. The first kappa shape index (κ1) is 16.1. The molecule has 0 aromatic heterocycles. The average molecular weight is 238 g/mol. The van der Waals surface area contributed by atoms with Gasteiger partial charge in [0.1, 0.15) is 0 Å². The van der Waals surface area contributed by atoms with Crippen LogP contribution in [0.2, 0.25) is 0 Å².